The third-order valence-corrected chi connectivity index (χ3v) is 4.06. The highest BCUT2D eigenvalue weighted by Gasteiger charge is 2.11. The molecular weight excluding hydrogens is 348 g/mol. The molecule has 0 fully saturated rings. The monoisotopic (exact) mass is 374 g/mol. The van der Waals surface area contributed by atoms with Gasteiger partial charge in [0, 0.05) is 19.4 Å². The number of carbonyl (C=O) groups is 2. The van der Waals surface area contributed by atoms with Crippen molar-refractivity contribution in [2.75, 3.05) is 13.7 Å². The van der Waals surface area contributed by atoms with Gasteiger partial charge in [-0.3, -0.25) is 4.79 Å². The molecule has 0 aliphatic carbocycles. The summed E-state index contributed by atoms with van der Waals surface area (Å²) in [5.74, 6) is 1.28. The zero-order valence-corrected chi connectivity index (χ0v) is 15.8. The van der Waals surface area contributed by atoms with Crippen molar-refractivity contribution in [3.05, 3.63) is 53.7 Å². The van der Waals surface area contributed by atoms with Crippen molar-refractivity contribution in [1.29, 1.82) is 0 Å². The number of ether oxygens (including phenoxy) is 2. The number of hydrogen-bond acceptors (Lipinski definition) is 6. The molecule has 1 unspecified atom stereocenters. The average Bonchev–Trinajstić information content (AvgIpc) is 3.16. The number of nitrogens with one attached hydrogen (secondary N) is 1. The number of aryl methyl sites for hydroxylation is 2. The maximum Gasteiger partial charge on any atom is 0.407 e. The number of nitrogens with zero attached hydrogens (tertiary/aromatic N) is 1. The first-order valence-corrected chi connectivity index (χ1v) is 9.01. The molecule has 2 rings (SSSR count). The number of methoxy groups -OCH3 is 1. The van der Waals surface area contributed by atoms with Crippen molar-refractivity contribution in [3.63, 3.8) is 0 Å². The molecule has 1 aromatic carbocycles. The molecule has 0 saturated heterocycles. The van der Waals surface area contributed by atoms with Crippen LogP contribution in [0.1, 0.15) is 37.0 Å². The SMILES string of the molecule is COC(=O)CCc1cnc(CCC(C)CNC(=O)OCc2ccccc2)o1. The van der Waals surface area contributed by atoms with Crippen molar-refractivity contribution in [1.82, 2.24) is 10.3 Å². The molecule has 1 amide bonds. The molecule has 0 spiro atoms. The van der Waals surface area contributed by atoms with Crippen LogP contribution in [0.3, 0.4) is 0 Å². The quantitative estimate of drug-likeness (QED) is 0.642. The minimum Gasteiger partial charge on any atom is -0.469 e. The van der Waals surface area contributed by atoms with E-state index in [9.17, 15) is 9.59 Å². The van der Waals surface area contributed by atoms with Gasteiger partial charge in [-0.25, -0.2) is 9.78 Å². The van der Waals surface area contributed by atoms with Crippen molar-refractivity contribution in [2.24, 2.45) is 5.92 Å². The number of aromatic nitrogens is 1. The molecule has 7 nitrogen and oxygen atoms in total. The Morgan fingerprint density at radius 1 is 1.22 bits per heavy atom. The number of esters is 1. The van der Waals surface area contributed by atoms with Crippen molar-refractivity contribution in [2.45, 2.75) is 39.2 Å². The van der Waals surface area contributed by atoms with Crippen molar-refractivity contribution >= 4 is 12.1 Å². The fourth-order valence-corrected chi connectivity index (χ4v) is 2.41. The van der Waals surface area contributed by atoms with E-state index in [1.807, 2.05) is 37.3 Å². The Morgan fingerprint density at radius 3 is 2.74 bits per heavy atom. The van der Waals surface area contributed by atoms with Crippen LogP contribution in [0.2, 0.25) is 0 Å². The minimum atomic E-state index is -0.424. The molecule has 146 valence electrons. The van der Waals surface area contributed by atoms with Gasteiger partial charge < -0.3 is 19.2 Å². The molecule has 0 aliphatic rings. The molecule has 0 saturated carbocycles. The van der Waals surface area contributed by atoms with Gasteiger partial charge in [-0.15, -0.1) is 0 Å². The van der Waals surface area contributed by atoms with Crippen LogP contribution < -0.4 is 5.32 Å². The zero-order valence-electron chi connectivity index (χ0n) is 15.8. The van der Waals surface area contributed by atoms with Gasteiger partial charge in [0.2, 0.25) is 0 Å². The third-order valence-electron chi connectivity index (χ3n) is 4.06. The number of oxazole rings is 1. The maximum atomic E-state index is 11.7. The number of benzene rings is 1. The Morgan fingerprint density at radius 2 is 2.00 bits per heavy atom. The molecule has 1 aromatic heterocycles. The highest BCUT2D eigenvalue weighted by molar-refractivity contribution is 5.69. The standard InChI is InChI=1S/C20H26N2O5/c1-15(12-22-20(24)26-14-16-6-4-3-5-7-16)8-10-18-21-13-17(27-18)9-11-19(23)25-2/h3-7,13,15H,8-12,14H2,1-2H3,(H,22,24). The van der Waals surface area contributed by atoms with Gasteiger partial charge in [0.25, 0.3) is 0 Å². The lowest BCUT2D eigenvalue weighted by molar-refractivity contribution is -0.140. The van der Waals surface area contributed by atoms with Crippen LogP contribution >= 0.6 is 0 Å². The fourth-order valence-electron chi connectivity index (χ4n) is 2.41. The van der Waals surface area contributed by atoms with Crippen LogP contribution in [0, 0.1) is 5.92 Å². The lowest BCUT2D eigenvalue weighted by Gasteiger charge is -2.12. The fraction of sp³-hybridized carbons (Fsp3) is 0.450. The second kappa shape index (κ2) is 11.0. The van der Waals surface area contributed by atoms with Gasteiger partial charge >= 0.3 is 12.1 Å². The minimum absolute atomic E-state index is 0.250. The normalized spacial score (nSPS) is 11.6. The van der Waals surface area contributed by atoms with Crippen LogP contribution in [-0.2, 0) is 33.7 Å². The molecule has 1 heterocycles. The Hall–Kier alpha value is -2.83. The summed E-state index contributed by atoms with van der Waals surface area (Å²) in [4.78, 5) is 27.1. The van der Waals surface area contributed by atoms with Crippen molar-refractivity contribution in [3.8, 4) is 0 Å². The van der Waals surface area contributed by atoms with E-state index in [2.05, 4.69) is 15.0 Å². The van der Waals surface area contributed by atoms with Gasteiger partial charge in [-0.05, 0) is 17.9 Å². The van der Waals surface area contributed by atoms with Crippen LogP contribution in [0.15, 0.2) is 40.9 Å². The van der Waals surface area contributed by atoms with Crippen LogP contribution in [0.5, 0.6) is 0 Å². The second-order valence-corrected chi connectivity index (χ2v) is 6.38. The van der Waals surface area contributed by atoms with Gasteiger partial charge in [0.15, 0.2) is 5.89 Å². The predicted octanol–water partition coefficient (Wildman–Crippen LogP) is 3.28. The van der Waals surface area contributed by atoms with E-state index < -0.39 is 6.09 Å². The summed E-state index contributed by atoms with van der Waals surface area (Å²) in [7, 11) is 1.36. The molecule has 0 radical (unpaired) electrons. The van der Waals surface area contributed by atoms with E-state index >= 15 is 0 Å². The first-order valence-electron chi connectivity index (χ1n) is 9.01. The Balaban J connectivity index is 1.61. The third kappa shape index (κ3) is 7.94. The summed E-state index contributed by atoms with van der Waals surface area (Å²) < 4.78 is 15.4. The molecule has 2 aromatic rings. The van der Waals surface area contributed by atoms with E-state index in [-0.39, 0.29) is 24.9 Å². The van der Waals surface area contributed by atoms with E-state index in [0.29, 0.717) is 31.0 Å². The number of rotatable bonds is 10. The highest BCUT2D eigenvalue weighted by Crippen LogP contribution is 2.12. The Kier molecular flexibility index (Phi) is 8.35. The van der Waals surface area contributed by atoms with Gasteiger partial charge in [0.1, 0.15) is 12.4 Å². The smallest absolute Gasteiger partial charge is 0.407 e. The number of hydrogen-bond donors (Lipinski definition) is 1. The molecule has 1 atom stereocenters. The van der Waals surface area contributed by atoms with Crippen molar-refractivity contribution < 1.29 is 23.5 Å². The van der Waals surface area contributed by atoms with Gasteiger partial charge in [-0.1, -0.05) is 37.3 Å². The van der Waals surface area contributed by atoms with Crippen LogP contribution in [0.4, 0.5) is 4.79 Å². The molecule has 1 N–H and O–H groups in total. The second-order valence-electron chi connectivity index (χ2n) is 6.38. The molecule has 0 aliphatic heterocycles. The van der Waals surface area contributed by atoms with Gasteiger partial charge in [0.05, 0.1) is 19.7 Å². The van der Waals surface area contributed by atoms with E-state index in [1.54, 1.807) is 6.20 Å². The number of carbonyl (C=O) groups excluding carboxylic acids is 2. The number of alkyl carbamates (subject to hydrolysis) is 1. The maximum absolute atomic E-state index is 11.7. The summed E-state index contributed by atoms with van der Waals surface area (Å²) in [6.45, 7) is 2.81. The van der Waals surface area contributed by atoms with Crippen LogP contribution in [-0.4, -0.2) is 30.7 Å². The summed E-state index contributed by atoms with van der Waals surface area (Å²) in [6.07, 6.45) is 3.45. The molecular formula is C20H26N2O5. The molecule has 7 heteroatoms. The first kappa shape index (κ1) is 20.5. The zero-order chi connectivity index (χ0) is 19.5. The lowest BCUT2D eigenvalue weighted by Crippen LogP contribution is -2.29. The summed E-state index contributed by atoms with van der Waals surface area (Å²) >= 11 is 0. The van der Waals surface area contributed by atoms with E-state index in [1.165, 1.54) is 7.11 Å². The topological polar surface area (TPSA) is 90.7 Å². The summed E-state index contributed by atoms with van der Waals surface area (Å²) in [6, 6.07) is 9.54. The summed E-state index contributed by atoms with van der Waals surface area (Å²) in [5.41, 5.74) is 0.951. The summed E-state index contributed by atoms with van der Waals surface area (Å²) in [5, 5.41) is 2.77. The van der Waals surface area contributed by atoms with Gasteiger partial charge in [-0.2, -0.15) is 0 Å². The largest absolute Gasteiger partial charge is 0.469 e. The Labute approximate surface area is 159 Å². The van der Waals surface area contributed by atoms with E-state index in [4.69, 9.17) is 9.15 Å². The lowest BCUT2D eigenvalue weighted by atomic mass is 10.1. The number of amides is 1. The van der Waals surface area contributed by atoms with Crippen LogP contribution in [0.25, 0.3) is 0 Å². The molecule has 27 heavy (non-hydrogen) atoms. The Bertz CT molecular complexity index is 714. The predicted molar refractivity (Wildman–Crippen MR) is 99.0 cm³/mol. The highest BCUT2D eigenvalue weighted by atomic mass is 16.5. The average molecular weight is 374 g/mol. The molecule has 0 bridgehead atoms. The first-order chi connectivity index (χ1) is 13.1. The van der Waals surface area contributed by atoms with E-state index in [0.717, 1.165) is 12.0 Å².